The first kappa shape index (κ1) is 15.0. The molecule has 18 heavy (non-hydrogen) atoms. The van der Waals surface area contributed by atoms with E-state index in [1.807, 2.05) is 26.0 Å². The molecule has 0 heterocycles. The lowest BCUT2D eigenvalue weighted by Gasteiger charge is -2.12. The Labute approximate surface area is 110 Å². The Hall–Kier alpha value is -1.06. The minimum Gasteiger partial charge on any atom is -0.491 e. The molecular formula is C15H25NO2. The highest BCUT2D eigenvalue weighted by Crippen LogP contribution is 2.15. The van der Waals surface area contributed by atoms with Crippen molar-refractivity contribution in [3.63, 3.8) is 0 Å². The van der Waals surface area contributed by atoms with Gasteiger partial charge in [-0.1, -0.05) is 19.1 Å². The van der Waals surface area contributed by atoms with Gasteiger partial charge in [0, 0.05) is 6.04 Å². The van der Waals surface area contributed by atoms with Gasteiger partial charge in [-0.2, -0.15) is 0 Å². The van der Waals surface area contributed by atoms with Crippen LogP contribution in [0, 0.1) is 0 Å². The molecule has 0 aliphatic heterocycles. The van der Waals surface area contributed by atoms with Crippen molar-refractivity contribution in [3.05, 3.63) is 29.8 Å². The summed E-state index contributed by atoms with van der Waals surface area (Å²) >= 11 is 0. The fourth-order valence-corrected chi connectivity index (χ4v) is 1.65. The maximum Gasteiger partial charge on any atom is 0.119 e. The summed E-state index contributed by atoms with van der Waals surface area (Å²) in [6.07, 6.45) is 2.14. The summed E-state index contributed by atoms with van der Waals surface area (Å²) in [5, 5.41) is 0. The van der Waals surface area contributed by atoms with Crippen LogP contribution < -0.4 is 10.5 Å². The highest BCUT2D eigenvalue weighted by atomic mass is 16.5. The van der Waals surface area contributed by atoms with Crippen molar-refractivity contribution < 1.29 is 9.47 Å². The van der Waals surface area contributed by atoms with E-state index < -0.39 is 0 Å². The van der Waals surface area contributed by atoms with E-state index in [4.69, 9.17) is 15.2 Å². The van der Waals surface area contributed by atoms with E-state index in [1.165, 1.54) is 5.56 Å². The molecule has 1 aromatic carbocycles. The standard InChI is InChI=1S/C15H25NO2/c1-4-14(16)10-13-6-5-7-15(11-13)18-9-8-17-12(2)3/h5-7,11-12,14H,4,8-10,16H2,1-3H3. The highest BCUT2D eigenvalue weighted by Gasteiger charge is 2.03. The van der Waals surface area contributed by atoms with Gasteiger partial charge in [0.05, 0.1) is 12.7 Å². The fourth-order valence-electron chi connectivity index (χ4n) is 1.65. The van der Waals surface area contributed by atoms with E-state index in [2.05, 4.69) is 19.1 Å². The lowest BCUT2D eigenvalue weighted by atomic mass is 10.0. The van der Waals surface area contributed by atoms with Crippen molar-refractivity contribution in [2.75, 3.05) is 13.2 Å². The van der Waals surface area contributed by atoms with Gasteiger partial charge in [0.15, 0.2) is 0 Å². The van der Waals surface area contributed by atoms with Gasteiger partial charge >= 0.3 is 0 Å². The zero-order chi connectivity index (χ0) is 13.4. The van der Waals surface area contributed by atoms with Gasteiger partial charge < -0.3 is 15.2 Å². The molecule has 0 radical (unpaired) electrons. The predicted octanol–water partition coefficient (Wildman–Crippen LogP) is 2.77. The molecule has 1 atom stereocenters. The summed E-state index contributed by atoms with van der Waals surface area (Å²) in [6, 6.07) is 8.36. The molecule has 1 aromatic rings. The zero-order valence-electron chi connectivity index (χ0n) is 11.7. The Morgan fingerprint density at radius 3 is 2.67 bits per heavy atom. The Bertz CT molecular complexity index is 339. The summed E-state index contributed by atoms with van der Waals surface area (Å²) in [5.41, 5.74) is 7.18. The molecule has 0 spiro atoms. The smallest absolute Gasteiger partial charge is 0.119 e. The Morgan fingerprint density at radius 1 is 1.22 bits per heavy atom. The van der Waals surface area contributed by atoms with Crippen LogP contribution in [0.5, 0.6) is 5.75 Å². The fraction of sp³-hybridized carbons (Fsp3) is 0.600. The molecule has 0 aliphatic rings. The van der Waals surface area contributed by atoms with Crippen molar-refractivity contribution in [1.82, 2.24) is 0 Å². The number of benzene rings is 1. The van der Waals surface area contributed by atoms with E-state index in [1.54, 1.807) is 0 Å². The summed E-state index contributed by atoms with van der Waals surface area (Å²) in [6.45, 7) is 7.35. The van der Waals surface area contributed by atoms with Crippen LogP contribution in [0.25, 0.3) is 0 Å². The van der Waals surface area contributed by atoms with Crippen molar-refractivity contribution >= 4 is 0 Å². The lowest BCUT2D eigenvalue weighted by molar-refractivity contribution is 0.0552. The van der Waals surface area contributed by atoms with Gasteiger partial charge in [-0.3, -0.25) is 0 Å². The maximum absolute atomic E-state index is 5.95. The van der Waals surface area contributed by atoms with Gasteiger partial charge in [-0.15, -0.1) is 0 Å². The second kappa shape index (κ2) is 8.11. The van der Waals surface area contributed by atoms with E-state index in [0.29, 0.717) is 13.2 Å². The Morgan fingerprint density at radius 2 is 2.00 bits per heavy atom. The summed E-state index contributed by atoms with van der Waals surface area (Å²) in [4.78, 5) is 0. The molecule has 0 aliphatic carbocycles. The predicted molar refractivity (Wildman–Crippen MR) is 75.0 cm³/mol. The Balaban J connectivity index is 2.39. The second-order valence-electron chi connectivity index (χ2n) is 4.79. The maximum atomic E-state index is 5.95. The third kappa shape index (κ3) is 6.03. The minimum absolute atomic E-state index is 0.226. The Kier molecular flexibility index (Phi) is 6.76. The lowest BCUT2D eigenvalue weighted by Crippen LogP contribution is -2.21. The van der Waals surface area contributed by atoms with Crippen LogP contribution in [0.2, 0.25) is 0 Å². The topological polar surface area (TPSA) is 44.5 Å². The van der Waals surface area contributed by atoms with Crippen LogP contribution in [-0.2, 0) is 11.2 Å². The van der Waals surface area contributed by atoms with Crippen molar-refractivity contribution in [1.29, 1.82) is 0 Å². The number of ether oxygens (including phenoxy) is 2. The van der Waals surface area contributed by atoms with E-state index >= 15 is 0 Å². The molecule has 0 amide bonds. The van der Waals surface area contributed by atoms with Crippen LogP contribution >= 0.6 is 0 Å². The molecule has 3 heteroatoms. The highest BCUT2D eigenvalue weighted by molar-refractivity contribution is 5.29. The molecule has 0 saturated carbocycles. The molecule has 1 rings (SSSR count). The first-order chi connectivity index (χ1) is 8.61. The monoisotopic (exact) mass is 251 g/mol. The largest absolute Gasteiger partial charge is 0.491 e. The van der Waals surface area contributed by atoms with Crippen LogP contribution in [0.1, 0.15) is 32.8 Å². The van der Waals surface area contributed by atoms with Gasteiger partial charge in [0.1, 0.15) is 12.4 Å². The number of rotatable bonds is 8. The molecule has 2 N–H and O–H groups in total. The van der Waals surface area contributed by atoms with Crippen LogP contribution in [0.3, 0.4) is 0 Å². The molecule has 0 saturated heterocycles. The molecule has 0 fully saturated rings. The van der Waals surface area contributed by atoms with Gasteiger partial charge in [-0.05, 0) is 44.4 Å². The van der Waals surface area contributed by atoms with Crippen LogP contribution in [0.15, 0.2) is 24.3 Å². The molecule has 0 bridgehead atoms. The molecular weight excluding hydrogens is 226 g/mol. The van der Waals surface area contributed by atoms with Crippen molar-refractivity contribution in [2.45, 2.75) is 45.8 Å². The zero-order valence-corrected chi connectivity index (χ0v) is 11.7. The summed E-state index contributed by atoms with van der Waals surface area (Å²) < 4.78 is 11.1. The molecule has 102 valence electrons. The molecule has 3 nitrogen and oxygen atoms in total. The second-order valence-corrected chi connectivity index (χ2v) is 4.79. The first-order valence-electron chi connectivity index (χ1n) is 6.70. The van der Waals surface area contributed by atoms with Crippen LogP contribution in [-0.4, -0.2) is 25.4 Å². The normalized spacial score (nSPS) is 12.7. The first-order valence-corrected chi connectivity index (χ1v) is 6.70. The third-order valence-corrected chi connectivity index (χ3v) is 2.72. The summed E-state index contributed by atoms with van der Waals surface area (Å²) in [7, 11) is 0. The summed E-state index contributed by atoms with van der Waals surface area (Å²) in [5.74, 6) is 0.892. The number of hydrogen-bond acceptors (Lipinski definition) is 3. The van der Waals surface area contributed by atoms with Crippen molar-refractivity contribution in [2.24, 2.45) is 5.73 Å². The van der Waals surface area contributed by atoms with E-state index in [-0.39, 0.29) is 12.1 Å². The molecule has 1 unspecified atom stereocenters. The average Bonchev–Trinajstić information content (AvgIpc) is 2.35. The average molecular weight is 251 g/mol. The number of hydrogen-bond donors (Lipinski definition) is 1. The van der Waals surface area contributed by atoms with Gasteiger partial charge in [0.25, 0.3) is 0 Å². The van der Waals surface area contributed by atoms with Gasteiger partial charge in [0.2, 0.25) is 0 Å². The van der Waals surface area contributed by atoms with E-state index in [9.17, 15) is 0 Å². The number of nitrogens with two attached hydrogens (primary N) is 1. The van der Waals surface area contributed by atoms with E-state index in [0.717, 1.165) is 18.6 Å². The van der Waals surface area contributed by atoms with Crippen LogP contribution in [0.4, 0.5) is 0 Å². The SMILES string of the molecule is CCC(N)Cc1cccc(OCCOC(C)C)c1. The minimum atomic E-state index is 0.226. The third-order valence-electron chi connectivity index (χ3n) is 2.72. The molecule has 0 aromatic heterocycles. The van der Waals surface area contributed by atoms with Crippen molar-refractivity contribution in [3.8, 4) is 5.75 Å². The quantitative estimate of drug-likeness (QED) is 0.723. The van der Waals surface area contributed by atoms with Gasteiger partial charge in [-0.25, -0.2) is 0 Å².